The smallest absolute Gasteiger partial charge is 0.274 e. The van der Waals surface area contributed by atoms with Gasteiger partial charge < -0.3 is 9.73 Å². The van der Waals surface area contributed by atoms with Gasteiger partial charge in [0, 0.05) is 5.69 Å². The molecule has 7 heteroatoms. The van der Waals surface area contributed by atoms with Gasteiger partial charge in [-0.3, -0.25) is 4.98 Å². The zero-order valence-electron chi connectivity index (χ0n) is 12.1. The number of hydrogen-bond acceptors (Lipinski definition) is 5. The number of nitrogens with one attached hydrogen (secondary N) is 2. The molecule has 6 nitrogen and oxygen atoms in total. The molecule has 0 aromatic carbocycles. The first-order chi connectivity index (χ1) is 10.0. The second-order valence-corrected chi connectivity index (χ2v) is 6.29. The minimum atomic E-state index is -3.66. The van der Waals surface area contributed by atoms with Crippen molar-refractivity contribution in [3.05, 3.63) is 47.5 Å². The predicted octanol–water partition coefficient (Wildman–Crippen LogP) is 1.57. The Kier molecular flexibility index (Phi) is 5.11. The summed E-state index contributed by atoms with van der Waals surface area (Å²) in [6.07, 6.45) is 0. The lowest BCUT2D eigenvalue weighted by atomic mass is 10.3. The number of furan rings is 1. The van der Waals surface area contributed by atoms with Crippen LogP contribution in [-0.4, -0.2) is 19.9 Å². The fraction of sp³-hybridized carbons (Fsp3) is 0.357. The van der Waals surface area contributed by atoms with E-state index in [0.717, 1.165) is 12.2 Å². The molecular formula is C14H19N3O3S. The summed E-state index contributed by atoms with van der Waals surface area (Å²) in [4.78, 5) is 4.25. The van der Waals surface area contributed by atoms with Gasteiger partial charge in [0.1, 0.15) is 5.76 Å². The molecule has 0 aliphatic rings. The van der Waals surface area contributed by atoms with E-state index in [1.807, 2.05) is 26.0 Å². The number of hydrogen-bond donors (Lipinski definition) is 2. The highest BCUT2D eigenvalue weighted by molar-refractivity contribution is 7.89. The molecule has 2 rings (SSSR count). The summed E-state index contributed by atoms with van der Waals surface area (Å²) < 4.78 is 32.1. The maximum Gasteiger partial charge on any atom is 0.274 e. The summed E-state index contributed by atoms with van der Waals surface area (Å²) in [7, 11) is -3.66. The molecule has 0 fully saturated rings. The van der Waals surface area contributed by atoms with Crippen LogP contribution < -0.4 is 10.0 Å². The zero-order chi connectivity index (χ0) is 15.3. The van der Waals surface area contributed by atoms with Crippen molar-refractivity contribution in [2.75, 3.05) is 6.54 Å². The number of rotatable bonds is 7. The van der Waals surface area contributed by atoms with Gasteiger partial charge in [-0.2, -0.15) is 0 Å². The van der Waals surface area contributed by atoms with E-state index in [9.17, 15) is 8.42 Å². The fourth-order valence-electron chi connectivity index (χ4n) is 1.78. The Hall–Kier alpha value is -1.70. The molecule has 0 aliphatic heterocycles. The molecule has 0 amide bonds. The van der Waals surface area contributed by atoms with E-state index < -0.39 is 10.0 Å². The third-order valence-corrected chi connectivity index (χ3v) is 4.11. The quantitative estimate of drug-likeness (QED) is 0.811. The van der Waals surface area contributed by atoms with Crippen LogP contribution in [0.5, 0.6) is 0 Å². The number of pyridine rings is 1. The molecule has 2 N–H and O–H groups in total. The summed E-state index contributed by atoms with van der Waals surface area (Å²) in [5.41, 5.74) is 1.51. The number of aromatic nitrogens is 1. The Morgan fingerprint density at radius 2 is 2.00 bits per heavy atom. The van der Waals surface area contributed by atoms with Crippen LogP contribution in [0.15, 0.2) is 39.8 Å². The van der Waals surface area contributed by atoms with Gasteiger partial charge in [0.15, 0.2) is 0 Å². The van der Waals surface area contributed by atoms with Gasteiger partial charge in [-0.1, -0.05) is 13.0 Å². The average Bonchev–Trinajstić information content (AvgIpc) is 2.93. The van der Waals surface area contributed by atoms with E-state index in [0.29, 0.717) is 18.0 Å². The van der Waals surface area contributed by atoms with Gasteiger partial charge in [0.05, 0.1) is 18.8 Å². The highest BCUT2D eigenvalue weighted by Crippen LogP contribution is 2.14. The highest BCUT2D eigenvalue weighted by atomic mass is 32.2. The van der Waals surface area contributed by atoms with Crippen molar-refractivity contribution in [1.82, 2.24) is 15.0 Å². The number of nitrogens with zero attached hydrogens (tertiary/aromatic N) is 1. The molecule has 0 spiro atoms. The highest BCUT2D eigenvalue weighted by Gasteiger charge is 2.18. The molecule has 2 aromatic heterocycles. The summed E-state index contributed by atoms with van der Waals surface area (Å²) in [5.74, 6) is 0.589. The zero-order valence-corrected chi connectivity index (χ0v) is 12.9. The van der Waals surface area contributed by atoms with Crippen molar-refractivity contribution in [2.24, 2.45) is 0 Å². The van der Waals surface area contributed by atoms with Crippen LogP contribution in [0.25, 0.3) is 0 Å². The van der Waals surface area contributed by atoms with E-state index in [1.54, 1.807) is 12.1 Å². The van der Waals surface area contributed by atoms with Gasteiger partial charge in [-0.05, 0) is 37.7 Å². The molecule has 0 saturated heterocycles. The lowest BCUT2D eigenvalue weighted by Gasteiger charge is -2.04. The molecule has 21 heavy (non-hydrogen) atoms. The molecule has 0 unspecified atom stereocenters. The minimum Gasteiger partial charge on any atom is -0.447 e. The van der Waals surface area contributed by atoms with Crippen LogP contribution in [-0.2, 0) is 23.1 Å². The predicted molar refractivity (Wildman–Crippen MR) is 79.1 cm³/mol. The molecule has 0 radical (unpaired) electrons. The van der Waals surface area contributed by atoms with Gasteiger partial charge in [0.2, 0.25) is 5.09 Å². The Morgan fingerprint density at radius 3 is 2.71 bits per heavy atom. The Morgan fingerprint density at radius 1 is 1.19 bits per heavy atom. The van der Waals surface area contributed by atoms with Crippen molar-refractivity contribution in [2.45, 2.75) is 32.0 Å². The topological polar surface area (TPSA) is 84.2 Å². The van der Waals surface area contributed by atoms with Gasteiger partial charge in [0.25, 0.3) is 10.0 Å². The third kappa shape index (κ3) is 4.38. The molecule has 0 atom stereocenters. The maximum absolute atomic E-state index is 12.1. The van der Waals surface area contributed by atoms with Crippen molar-refractivity contribution < 1.29 is 12.8 Å². The summed E-state index contributed by atoms with van der Waals surface area (Å²) in [6.45, 7) is 5.26. The first-order valence-electron chi connectivity index (χ1n) is 6.73. The molecule has 0 bridgehead atoms. The van der Waals surface area contributed by atoms with Crippen LogP contribution in [0.2, 0.25) is 0 Å². The first-order valence-corrected chi connectivity index (χ1v) is 8.21. The second-order valence-electron chi connectivity index (χ2n) is 4.60. The van der Waals surface area contributed by atoms with E-state index in [4.69, 9.17) is 4.42 Å². The SMILES string of the molecule is CCNCc1ccc(S(=O)(=O)NCc2cccc(C)n2)o1. The summed E-state index contributed by atoms with van der Waals surface area (Å²) in [5, 5.41) is 2.99. The number of aryl methyl sites for hydroxylation is 1. The molecule has 2 heterocycles. The third-order valence-electron chi connectivity index (χ3n) is 2.84. The van der Waals surface area contributed by atoms with Crippen LogP contribution in [0.4, 0.5) is 0 Å². The largest absolute Gasteiger partial charge is 0.447 e. The van der Waals surface area contributed by atoms with Crippen molar-refractivity contribution in [1.29, 1.82) is 0 Å². The Bertz CT molecular complexity index is 695. The number of sulfonamides is 1. The van der Waals surface area contributed by atoms with Crippen LogP contribution >= 0.6 is 0 Å². The summed E-state index contributed by atoms with van der Waals surface area (Å²) in [6, 6.07) is 8.58. The van der Waals surface area contributed by atoms with E-state index in [-0.39, 0.29) is 11.6 Å². The first kappa shape index (κ1) is 15.7. The minimum absolute atomic E-state index is 0.0805. The molecular weight excluding hydrogens is 290 g/mol. The second kappa shape index (κ2) is 6.84. The van der Waals surface area contributed by atoms with Crippen LogP contribution in [0.3, 0.4) is 0 Å². The molecule has 114 valence electrons. The Labute approximate surface area is 124 Å². The normalized spacial score (nSPS) is 11.7. The fourth-order valence-corrected chi connectivity index (χ4v) is 2.73. The van der Waals surface area contributed by atoms with Gasteiger partial charge in [-0.15, -0.1) is 0 Å². The van der Waals surface area contributed by atoms with Crippen LogP contribution in [0, 0.1) is 6.92 Å². The monoisotopic (exact) mass is 309 g/mol. The Balaban J connectivity index is 2.02. The maximum atomic E-state index is 12.1. The summed E-state index contributed by atoms with van der Waals surface area (Å²) >= 11 is 0. The van der Waals surface area contributed by atoms with Crippen molar-refractivity contribution >= 4 is 10.0 Å². The van der Waals surface area contributed by atoms with Gasteiger partial charge in [-0.25, -0.2) is 13.1 Å². The van der Waals surface area contributed by atoms with Crippen molar-refractivity contribution in [3.8, 4) is 0 Å². The lowest BCUT2D eigenvalue weighted by Crippen LogP contribution is -2.23. The molecule has 2 aromatic rings. The van der Waals surface area contributed by atoms with E-state index in [1.165, 1.54) is 6.07 Å². The van der Waals surface area contributed by atoms with Crippen molar-refractivity contribution in [3.63, 3.8) is 0 Å². The van der Waals surface area contributed by atoms with E-state index >= 15 is 0 Å². The molecule has 0 saturated carbocycles. The van der Waals surface area contributed by atoms with Crippen LogP contribution in [0.1, 0.15) is 24.1 Å². The standard InChI is InChI=1S/C14H19N3O3S/c1-3-15-10-13-7-8-14(20-13)21(18,19)16-9-12-6-4-5-11(2)17-12/h4-8,15-16H,3,9-10H2,1-2H3. The van der Waals surface area contributed by atoms with E-state index in [2.05, 4.69) is 15.0 Å². The average molecular weight is 309 g/mol. The van der Waals surface area contributed by atoms with Gasteiger partial charge >= 0.3 is 0 Å². The lowest BCUT2D eigenvalue weighted by molar-refractivity contribution is 0.401. The molecule has 0 aliphatic carbocycles.